The molecule has 0 saturated carbocycles. The second-order valence-electron chi connectivity index (χ2n) is 4.85. The normalized spacial score (nSPS) is 31.8. The van der Waals surface area contributed by atoms with Gasteiger partial charge in [0.05, 0.1) is 12.2 Å². The minimum atomic E-state index is -1.72. The molecule has 7 nitrogen and oxygen atoms in total. The molecule has 1 fully saturated rings. The maximum absolute atomic E-state index is 13.5. The summed E-state index contributed by atoms with van der Waals surface area (Å²) in [5.74, 6) is -3.01. The number of carbonyl (C=O) groups excluding carboxylic acids is 1. The van der Waals surface area contributed by atoms with Crippen molar-refractivity contribution in [2.75, 3.05) is 6.61 Å². The zero-order valence-electron chi connectivity index (χ0n) is 11.2. The van der Waals surface area contributed by atoms with Crippen LogP contribution in [0.4, 0.5) is 8.78 Å². The van der Waals surface area contributed by atoms with Crippen molar-refractivity contribution >= 4 is 5.91 Å². The lowest BCUT2D eigenvalue weighted by atomic mass is 9.96. The molecule has 122 valence electrons. The average Bonchev–Trinajstić information content (AvgIpc) is 2.47. The summed E-state index contributed by atoms with van der Waals surface area (Å²) < 4.78 is 31.1. The first-order valence-electron chi connectivity index (χ1n) is 6.41. The summed E-state index contributed by atoms with van der Waals surface area (Å²) in [4.78, 5) is 11.9. The van der Waals surface area contributed by atoms with E-state index in [2.05, 4.69) is 5.32 Å². The van der Waals surface area contributed by atoms with Crippen LogP contribution >= 0.6 is 0 Å². The molecule has 3 unspecified atom stereocenters. The highest BCUT2D eigenvalue weighted by molar-refractivity contribution is 5.94. The third kappa shape index (κ3) is 3.23. The molecule has 2 rings (SSSR count). The van der Waals surface area contributed by atoms with E-state index >= 15 is 0 Å². The Balaban J connectivity index is 2.13. The van der Waals surface area contributed by atoms with Gasteiger partial charge in [0.2, 0.25) is 0 Å². The van der Waals surface area contributed by atoms with Crippen molar-refractivity contribution in [3.05, 3.63) is 35.4 Å². The van der Waals surface area contributed by atoms with Crippen LogP contribution in [0.25, 0.3) is 0 Å². The molecule has 1 aromatic rings. The lowest BCUT2D eigenvalue weighted by Gasteiger charge is -2.40. The van der Waals surface area contributed by atoms with Gasteiger partial charge in [-0.2, -0.15) is 0 Å². The molecule has 5 atom stereocenters. The molecule has 0 bridgehead atoms. The van der Waals surface area contributed by atoms with Gasteiger partial charge in [0.15, 0.2) is 6.29 Å². The van der Waals surface area contributed by atoms with E-state index in [1.165, 1.54) is 0 Å². The van der Waals surface area contributed by atoms with E-state index in [1.54, 1.807) is 0 Å². The van der Waals surface area contributed by atoms with Crippen LogP contribution in [0.1, 0.15) is 10.4 Å². The molecule has 1 aliphatic rings. The number of halogens is 2. The first-order chi connectivity index (χ1) is 10.3. The maximum atomic E-state index is 13.5. The van der Waals surface area contributed by atoms with E-state index < -0.39 is 60.4 Å². The zero-order chi connectivity index (χ0) is 16.4. The van der Waals surface area contributed by atoms with E-state index in [0.29, 0.717) is 6.07 Å². The number of aliphatic hydroxyl groups is 4. The SMILES string of the molecule is O=C(NC1C(O)O[C@H](CO)C(O)[C@@H]1O)c1ccc(F)cc1F. The Morgan fingerprint density at radius 1 is 1.23 bits per heavy atom. The number of ether oxygens (including phenoxy) is 1. The summed E-state index contributed by atoms with van der Waals surface area (Å²) in [6.45, 7) is -0.650. The van der Waals surface area contributed by atoms with Crippen LogP contribution in [0, 0.1) is 11.6 Å². The monoisotopic (exact) mass is 319 g/mol. The van der Waals surface area contributed by atoms with Crippen molar-refractivity contribution in [3.63, 3.8) is 0 Å². The second kappa shape index (κ2) is 6.63. The molecule has 5 N–H and O–H groups in total. The number of hydrogen-bond acceptors (Lipinski definition) is 6. The number of rotatable bonds is 3. The van der Waals surface area contributed by atoms with Crippen LogP contribution in [0.15, 0.2) is 18.2 Å². The van der Waals surface area contributed by atoms with Gasteiger partial charge < -0.3 is 30.5 Å². The minimum absolute atomic E-state index is 0.500. The van der Waals surface area contributed by atoms with Gasteiger partial charge in [-0.25, -0.2) is 8.78 Å². The Kier molecular flexibility index (Phi) is 5.04. The molecule has 1 saturated heterocycles. The van der Waals surface area contributed by atoms with E-state index in [4.69, 9.17) is 9.84 Å². The Morgan fingerprint density at radius 2 is 1.91 bits per heavy atom. The molecule has 0 radical (unpaired) electrons. The van der Waals surface area contributed by atoms with Gasteiger partial charge in [-0.3, -0.25) is 4.79 Å². The largest absolute Gasteiger partial charge is 0.394 e. The van der Waals surface area contributed by atoms with Crippen molar-refractivity contribution in [2.24, 2.45) is 0 Å². The van der Waals surface area contributed by atoms with Gasteiger partial charge in [0.1, 0.15) is 36.0 Å². The molecule has 0 aromatic heterocycles. The highest BCUT2D eigenvalue weighted by atomic mass is 19.1. The molecule has 1 aliphatic heterocycles. The Morgan fingerprint density at radius 3 is 2.50 bits per heavy atom. The average molecular weight is 319 g/mol. The maximum Gasteiger partial charge on any atom is 0.254 e. The van der Waals surface area contributed by atoms with Gasteiger partial charge in [-0.1, -0.05) is 0 Å². The standard InChI is InChI=1S/C13H15F2NO6/c14-5-1-2-6(7(15)3-5)12(20)16-9-11(19)10(18)8(4-17)22-13(9)21/h1-3,8-11,13,17-19,21H,4H2,(H,16,20)/t8-,9?,10?,11-,13?/m1/s1. The fraction of sp³-hybridized carbons (Fsp3) is 0.462. The minimum Gasteiger partial charge on any atom is -0.394 e. The molecule has 9 heteroatoms. The van der Waals surface area contributed by atoms with Crippen molar-refractivity contribution in [2.45, 2.75) is 30.6 Å². The zero-order valence-corrected chi connectivity index (χ0v) is 11.2. The molecular formula is C13H15F2NO6. The number of carbonyl (C=O) groups is 1. The Hall–Kier alpha value is -1.65. The van der Waals surface area contributed by atoms with Gasteiger partial charge >= 0.3 is 0 Å². The molecular weight excluding hydrogens is 304 g/mol. The summed E-state index contributed by atoms with van der Waals surface area (Å²) in [7, 11) is 0. The fourth-order valence-corrected chi connectivity index (χ4v) is 2.16. The lowest BCUT2D eigenvalue weighted by Crippen LogP contribution is -2.64. The summed E-state index contributed by atoms with van der Waals surface area (Å²) in [6, 6.07) is 0.832. The number of amides is 1. The number of aliphatic hydroxyl groups excluding tert-OH is 4. The third-order valence-electron chi connectivity index (χ3n) is 3.37. The fourth-order valence-electron chi connectivity index (χ4n) is 2.16. The third-order valence-corrected chi connectivity index (χ3v) is 3.37. The molecule has 0 aliphatic carbocycles. The van der Waals surface area contributed by atoms with Crippen LogP contribution in [-0.2, 0) is 4.74 Å². The molecule has 1 heterocycles. The van der Waals surface area contributed by atoms with Crippen molar-refractivity contribution < 1.29 is 38.7 Å². The first-order valence-corrected chi connectivity index (χ1v) is 6.41. The Labute approximate surface area is 123 Å². The van der Waals surface area contributed by atoms with E-state index in [0.717, 1.165) is 12.1 Å². The van der Waals surface area contributed by atoms with Crippen LogP contribution in [0.2, 0.25) is 0 Å². The van der Waals surface area contributed by atoms with Crippen LogP contribution in [0.3, 0.4) is 0 Å². The summed E-state index contributed by atoms with van der Waals surface area (Å²) >= 11 is 0. The summed E-state index contributed by atoms with van der Waals surface area (Å²) in [5.41, 5.74) is -0.500. The predicted octanol–water partition coefficient (Wildman–Crippen LogP) is -1.51. The van der Waals surface area contributed by atoms with Gasteiger partial charge in [0.25, 0.3) is 5.91 Å². The number of nitrogens with one attached hydrogen (secondary N) is 1. The highest BCUT2D eigenvalue weighted by Crippen LogP contribution is 2.20. The quantitative estimate of drug-likeness (QED) is 0.462. The van der Waals surface area contributed by atoms with Crippen LogP contribution in [0.5, 0.6) is 0 Å². The number of benzene rings is 1. The molecule has 22 heavy (non-hydrogen) atoms. The van der Waals surface area contributed by atoms with E-state index in [9.17, 15) is 28.9 Å². The smallest absolute Gasteiger partial charge is 0.254 e. The van der Waals surface area contributed by atoms with Crippen LogP contribution in [-0.4, -0.2) is 63.6 Å². The second-order valence-corrected chi connectivity index (χ2v) is 4.85. The summed E-state index contributed by atoms with van der Waals surface area (Å²) in [6.07, 6.45) is -6.14. The molecule has 1 amide bonds. The highest BCUT2D eigenvalue weighted by Gasteiger charge is 2.44. The van der Waals surface area contributed by atoms with Gasteiger partial charge in [0, 0.05) is 6.07 Å². The topological polar surface area (TPSA) is 119 Å². The van der Waals surface area contributed by atoms with Crippen molar-refractivity contribution in [1.29, 1.82) is 0 Å². The van der Waals surface area contributed by atoms with Gasteiger partial charge in [-0.15, -0.1) is 0 Å². The summed E-state index contributed by atoms with van der Waals surface area (Å²) in [5, 5.41) is 40.3. The van der Waals surface area contributed by atoms with E-state index in [-0.39, 0.29) is 0 Å². The Bertz CT molecular complexity index is 557. The van der Waals surface area contributed by atoms with Crippen LogP contribution < -0.4 is 5.32 Å². The van der Waals surface area contributed by atoms with Gasteiger partial charge in [-0.05, 0) is 12.1 Å². The molecule has 1 aromatic carbocycles. The first kappa shape index (κ1) is 16.7. The van der Waals surface area contributed by atoms with Crippen molar-refractivity contribution in [3.8, 4) is 0 Å². The predicted molar refractivity (Wildman–Crippen MR) is 67.6 cm³/mol. The lowest BCUT2D eigenvalue weighted by molar-refractivity contribution is -0.252. The van der Waals surface area contributed by atoms with E-state index in [1.807, 2.05) is 0 Å². The van der Waals surface area contributed by atoms with Crippen molar-refractivity contribution in [1.82, 2.24) is 5.32 Å². The molecule has 0 spiro atoms. The number of hydrogen-bond donors (Lipinski definition) is 5.